The van der Waals surface area contributed by atoms with Gasteiger partial charge in [-0.1, -0.05) is 54.6 Å². The van der Waals surface area contributed by atoms with E-state index in [1.165, 1.54) is 22.5 Å². The van der Waals surface area contributed by atoms with E-state index in [2.05, 4.69) is 80.9 Å². The Balaban J connectivity index is 1.41. The molecule has 0 saturated carbocycles. The van der Waals surface area contributed by atoms with E-state index in [4.69, 9.17) is 0 Å². The Morgan fingerprint density at radius 2 is 1.81 bits per heavy atom. The minimum absolute atomic E-state index is 0.288. The molecule has 2 heterocycles. The van der Waals surface area contributed by atoms with Crippen molar-refractivity contribution in [1.82, 2.24) is 15.0 Å². The van der Waals surface area contributed by atoms with Crippen LogP contribution in [0.2, 0.25) is 0 Å². The highest BCUT2D eigenvalue weighted by atomic mass is 16.2. The first-order valence-corrected chi connectivity index (χ1v) is 10.1. The number of hydrazone groups is 1. The number of nitrogens with one attached hydrogen (secondary N) is 1. The lowest BCUT2D eigenvalue weighted by molar-refractivity contribution is 0.0955. The number of hydrogen-bond acceptors (Lipinski definition) is 3. The molecule has 0 fully saturated rings. The number of hydrogen-bond donors (Lipinski definition) is 1. The van der Waals surface area contributed by atoms with Crippen LogP contribution in [-0.2, 0) is 6.54 Å². The lowest BCUT2D eigenvalue weighted by atomic mass is 10.1. The van der Waals surface area contributed by atoms with Crippen LogP contribution in [0.15, 0.2) is 103 Å². The SMILES string of the molecule is O=C(NN=Cc1cn(Cc2ccc3ccccc3c2)c2ccccc12)c1cccnc1. The highest BCUT2D eigenvalue weighted by Crippen LogP contribution is 2.23. The lowest BCUT2D eigenvalue weighted by Gasteiger charge is -2.07. The quantitative estimate of drug-likeness (QED) is 0.331. The molecule has 0 atom stereocenters. The molecule has 5 heteroatoms. The number of nitrogens with zero attached hydrogens (tertiary/aromatic N) is 3. The van der Waals surface area contributed by atoms with Crippen molar-refractivity contribution in [2.24, 2.45) is 5.10 Å². The Kier molecular flexibility index (Phi) is 4.99. The number of aromatic nitrogens is 2. The van der Waals surface area contributed by atoms with Crippen molar-refractivity contribution >= 4 is 33.8 Å². The average Bonchev–Trinajstić information content (AvgIpc) is 3.17. The van der Waals surface area contributed by atoms with E-state index in [0.717, 1.165) is 23.0 Å². The molecule has 0 aliphatic rings. The fraction of sp³-hybridized carbons (Fsp3) is 0.0385. The standard InChI is InChI=1S/C26H20N4O/c31-26(22-8-5-13-27-15-22)29-28-16-23-18-30(25-10-4-3-9-24(23)25)17-19-11-12-20-6-1-2-7-21(20)14-19/h1-16,18H,17H2,(H,29,31). The van der Waals surface area contributed by atoms with Gasteiger partial charge < -0.3 is 4.57 Å². The number of carbonyl (C=O) groups excluding carboxylic acids is 1. The van der Waals surface area contributed by atoms with E-state index in [1.54, 1.807) is 24.5 Å². The Morgan fingerprint density at radius 1 is 0.968 bits per heavy atom. The van der Waals surface area contributed by atoms with E-state index in [9.17, 15) is 4.79 Å². The van der Waals surface area contributed by atoms with Gasteiger partial charge in [0, 0.05) is 41.6 Å². The van der Waals surface area contributed by atoms with Crippen LogP contribution < -0.4 is 5.43 Å². The molecule has 0 bridgehead atoms. The molecule has 1 amide bonds. The van der Waals surface area contributed by atoms with E-state index >= 15 is 0 Å². The fourth-order valence-electron chi connectivity index (χ4n) is 3.76. The maximum absolute atomic E-state index is 12.2. The van der Waals surface area contributed by atoms with Crippen molar-refractivity contribution in [3.8, 4) is 0 Å². The van der Waals surface area contributed by atoms with Crippen LogP contribution in [0.1, 0.15) is 21.5 Å². The molecular formula is C26H20N4O. The Morgan fingerprint density at radius 3 is 2.68 bits per heavy atom. The van der Waals surface area contributed by atoms with Crippen molar-refractivity contribution in [3.05, 3.63) is 114 Å². The summed E-state index contributed by atoms with van der Waals surface area (Å²) in [7, 11) is 0. The summed E-state index contributed by atoms with van der Waals surface area (Å²) < 4.78 is 2.21. The van der Waals surface area contributed by atoms with Gasteiger partial charge in [-0.05, 0) is 40.6 Å². The zero-order valence-electron chi connectivity index (χ0n) is 16.8. The zero-order chi connectivity index (χ0) is 21.0. The molecule has 2 aromatic heterocycles. The average molecular weight is 404 g/mol. The third kappa shape index (κ3) is 3.94. The molecule has 0 unspecified atom stereocenters. The molecule has 0 aliphatic carbocycles. The van der Waals surface area contributed by atoms with Gasteiger partial charge in [0.05, 0.1) is 11.8 Å². The normalized spacial score (nSPS) is 11.4. The third-order valence-electron chi connectivity index (χ3n) is 5.28. The van der Waals surface area contributed by atoms with Crippen molar-refractivity contribution < 1.29 is 4.79 Å². The number of pyridine rings is 1. The van der Waals surface area contributed by atoms with E-state index in [1.807, 2.05) is 12.1 Å². The molecular weight excluding hydrogens is 384 g/mol. The molecule has 0 radical (unpaired) electrons. The van der Waals surface area contributed by atoms with Gasteiger partial charge in [0.25, 0.3) is 5.91 Å². The summed E-state index contributed by atoms with van der Waals surface area (Å²) >= 11 is 0. The summed E-state index contributed by atoms with van der Waals surface area (Å²) in [6, 6.07) is 26.6. The molecule has 150 valence electrons. The number of benzene rings is 3. The largest absolute Gasteiger partial charge is 0.342 e. The number of carbonyl (C=O) groups is 1. The summed E-state index contributed by atoms with van der Waals surface area (Å²) in [6.07, 6.45) is 6.90. The number of amides is 1. The van der Waals surface area contributed by atoms with Crippen LogP contribution in [-0.4, -0.2) is 21.7 Å². The second kappa shape index (κ2) is 8.24. The number of fused-ring (bicyclic) bond motifs is 2. The Bertz CT molecular complexity index is 1400. The van der Waals surface area contributed by atoms with Crippen LogP contribution >= 0.6 is 0 Å². The first-order chi connectivity index (χ1) is 15.3. The zero-order valence-corrected chi connectivity index (χ0v) is 16.8. The van der Waals surface area contributed by atoms with Gasteiger partial charge in [-0.15, -0.1) is 0 Å². The maximum atomic E-state index is 12.2. The van der Waals surface area contributed by atoms with E-state index < -0.39 is 0 Å². The minimum atomic E-state index is -0.288. The predicted molar refractivity (Wildman–Crippen MR) is 124 cm³/mol. The molecule has 0 aliphatic heterocycles. The van der Waals surface area contributed by atoms with Crippen molar-refractivity contribution in [1.29, 1.82) is 0 Å². The maximum Gasteiger partial charge on any atom is 0.272 e. The minimum Gasteiger partial charge on any atom is -0.342 e. The van der Waals surface area contributed by atoms with Crippen molar-refractivity contribution in [3.63, 3.8) is 0 Å². The highest BCUT2D eigenvalue weighted by Gasteiger charge is 2.08. The van der Waals surface area contributed by atoms with Gasteiger partial charge in [0.15, 0.2) is 0 Å². The lowest BCUT2D eigenvalue weighted by Crippen LogP contribution is -2.17. The van der Waals surface area contributed by atoms with E-state index in [0.29, 0.717) is 5.56 Å². The van der Waals surface area contributed by atoms with Gasteiger partial charge in [0.1, 0.15) is 0 Å². The van der Waals surface area contributed by atoms with Gasteiger partial charge in [0.2, 0.25) is 0 Å². The molecule has 31 heavy (non-hydrogen) atoms. The molecule has 3 aromatic carbocycles. The fourth-order valence-corrected chi connectivity index (χ4v) is 3.76. The topological polar surface area (TPSA) is 59.3 Å². The highest BCUT2D eigenvalue weighted by molar-refractivity contribution is 6.00. The van der Waals surface area contributed by atoms with Crippen LogP contribution in [0.25, 0.3) is 21.7 Å². The van der Waals surface area contributed by atoms with Gasteiger partial charge in [-0.3, -0.25) is 9.78 Å². The monoisotopic (exact) mass is 404 g/mol. The van der Waals surface area contributed by atoms with Crippen LogP contribution in [0.3, 0.4) is 0 Å². The summed E-state index contributed by atoms with van der Waals surface area (Å²) in [5.74, 6) is -0.288. The number of para-hydroxylation sites is 1. The van der Waals surface area contributed by atoms with Crippen molar-refractivity contribution in [2.75, 3.05) is 0 Å². The number of rotatable bonds is 5. The smallest absolute Gasteiger partial charge is 0.272 e. The molecule has 1 N–H and O–H groups in total. The molecule has 5 nitrogen and oxygen atoms in total. The molecule has 0 saturated heterocycles. The summed E-state index contributed by atoms with van der Waals surface area (Å²) in [4.78, 5) is 16.1. The van der Waals surface area contributed by atoms with E-state index in [-0.39, 0.29) is 5.91 Å². The first kappa shape index (κ1) is 18.8. The first-order valence-electron chi connectivity index (χ1n) is 10.1. The molecule has 5 rings (SSSR count). The van der Waals surface area contributed by atoms with Crippen LogP contribution in [0, 0.1) is 0 Å². The van der Waals surface area contributed by atoms with Gasteiger partial charge >= 0.3 is 0 Å². The van der Waals surface area contributed by atoms with Gasteiger partial charge in [-0.25, -0.2) is 5.43 Å². The van der Waals surface area contributed by atoms with Crippen LogP contribution in [0.4, 0.5) is 0 Å². The van der Waals surface area contributed by atoms with Crippen LogP contribution in [0.5, 0.6) is 0 Å². The predicted octanol–water partition coefficient (Wildman–Crippen LogP) is 5.00. The summed E-state index contributed by atoms with van der Waals surface area (Å²) in [6.45, 7) is 0.751. The molecule has 0 spiro atoms. The third-order valence-corrected chi connectivity index (χ3v) is 5.28. The summed E-state index contributed by atoms with van der Waals surface area (Å²) in [5.41, 5.74) is 6.34. The van der Waals surface area contributed by atoms with Crippen molar-refractivity contribution in [2.45, 2.75) is 6.54 Å². The summed E-state index contributed by atoms with van der Waals surface area (Å²) in [5, 5.41) is 7.72. The Hall–Kier alpha value is -4.25. The second-order valence-electron chi connectivity index (χ2n) is 7.35. The second-order valence-corrected chi connectivity index (χ2v) is 7.35. The Labute approximate surface area is 179 Å². The molecule has 5 aromatic rings. The van der Waals surface area contributed by atoms with Gasteiger partial charge in [-0.2, -0.15) is 5.10 Å².